The summed E-state index contributed by atoms with van der Waals surface area (Å²) < 4.78 is 5.47. The minimum Gasteiger partial charge on any atom is -0.494 e. The van der Waals surface area contributed by atoms with Gasteiger partial charge in [-0.05, 0) is 43.3 Å². The lowest BCUT2D eigenvalue weighted by molar-refractivity contribution is -0.137. The Hall–Kier alpha value is -3.55. The Morgan fingerprint density at radius 1 is 1.06 bits per heavy atom. The third-order valence-corrected chi connectivity index (χ3v) is 6.76. The van der Waals surface area contributed by atoms with Gasteiger partial charge in [-0.1, -0.05) is 12.1 Å². The molecule has 8 heteroatoms. The molecule has 33 heavy (non-hydrogen) atoms. The number of benzene rings is 2. The van der Waals surface area contributed by atoms with E-state index in [9.17, 15) is 14.4 Å². The molecule has 3 aliphatic rings. The Morgan fingerprint density at radius 3 is 2.52 bits per heavy atom. The number of hydrogen-bond acceptors (Lipinski definition) is 5. The number of carbonyl (C=O) groups is 3. The van der Waals surface area contributed by atoms with Crippen molar-refractivity contribution < 1.29 is 19.1 Å². The molecule has 2 saturated heterocycles. The molecular formula is C25H28N4O4. The van der Waals surface area contributed by atoms with Crippen LogP contribution in [0.1, 0.15) is 36.5 Å². The SMILES string of the molecule is CCOc1ccc(N2CC(C(=O)N3CCC4(CC3)NC(=O)c3ccccc3N4)CC2=O)cc1. The van der Waals surface area contributed by atoms with Crippen LogP contribution in [-0.2, 0) is 9.59 Å². The van der Waals surface area contributed by atoms with Crippen LogP contribution in [0.5, 0.6) is 5.75 Å². The van der Waals surface area contributed by atoms with Crippen molar-refractivity contribution in [2.45, 2.75) is 31.8 Å². The van der Waals surface area contributed by atoms with Crippen molar-refractivity contribution in [2.24, 2.45) is 5.92 Å². The molecule has 2 fully saturated rings. The quantitative estimate of drug-likeness (QED) is 0.750. The summed E-state index contributed by atoms with van der Waals surface area (Å²) in [6, 6.07) is 14.9. The number of fused-ring (bicyclic) bond motifs is 1. The van der Waals surface area contributed by atoms with Gasteiger partial charge in [-0.25, -0.2) is 0 Å². The van der Waals surface area contributed by atoms with E-state index >= 15 is 0 Å². The van der Waals surface area contributed by atoms with Gasteiger partial charge in [-0.3, -0.25) is 14.4 Å². The van der Waals surface area contributed by atoms with Crippen LogP contribution in [0.4, 0.5) is 11.4 Å². The van der Waals surface area contributed by atoms with Gasteiger partial charge < -0.3 is 25.2 Å². The summed E-state index contributed by atoms with van der Waals surface area (Å²) in [6.07, 6.45) is 1.44. The Balaban J connectivity index is 1.21. The summed E-state index contributed by atoms with van der Waals surface area (Å²) in [5.74, 6) is 0.288. The maximum Gasteiger partial charge on any atom is 0.255 e. The number of hydrogen-bond donors (Lipinski definition) is 2. The van der Waals surface area contributed by atoms with E-state index in [0.29, 0.717) is 44.6 Å². The number of nitrogens with zero attached hydrogens (tertiary/aromatic N) is 2. The van der Waals surface area contributed by atoms with Crippen LogP contribution >= 0.6 is 0 Å². The van der Waals surface area contributed by atoms with E-state index in [4.69, 9.17) is 4.74 Å². The van der Waals surface area contributed by atoms with Crippen LogP contribution in [0, 0.1) is 5.92 Å². The van der Waals surface area contributed by atoms with Crippen molar-refractivity contribution in [2.75, 3.05) is 36.5 Å². The minimum atomic E-state index is -0.540. The van der Waals surface area contributed by atoms with Gasteiger partial charge in [-0.15, -0.1) is 0 Å². The maximum absolute atomic E-state index is 13.2. The van der Waals surface area contributed by atoms with Crippen LogP contribution in [-0.4, -0.2) is 54.5 Å². The van der Waals surface area contributed by atoms with Gasteiger partial charge in [0.25, 0.3) is 5.91 Å². The normalized spacial score (nSPS) is 21.4. The second-order valence-electron chi connectivity index (χ2n) is 8.86. The van der Waals surface area contributed by atoms with Crippen LogP contribution in [0.3, 0.4) is 0 Å². The summed E-state index contributed by atoms with van der Waals surface area (Å²) in [5.41, 5.74) is 1.71. The molecule has 0 bridgehead atoms. The van der Waals surface area contributed by atoms with E-state index in [-0.39, 0.29) is 30.1 Å². The van der Waals surface area contributed by atoms with E-state index in [2.05, 4.69) is 10.6 Å². The van der Waals surface area contributed by atoms with Gasteiger partial charge in [0.1, 0.15) is 11.4 Å². The first-order valence-corrected chi connectivity index (χ1v) is 11.5. The zero-order valence-corrected chi connectivity index (χ0v) is 18.7. The molecule has 3 heterocycles. The number of amides is 3. The number of rotatable bonds is 4. The van der Waals surface area contributed by atoms with Crippen molar-refractivity contribution in [1.29, 1.82) is 0 Å². The Bertz CT molecular complexity index is 1080. The zero-order chi connectivity index (χ0) is 23.0. The van der Waals surface area contributed by atoms with Gasteiger partial charge in [0.15, 0.2) is 0 Å². The lowest BCUT2D eigenvalue weighted by Crippen LogP contribution is -2.63. The summed E-state index contributed by atoms with van der Waals surface area (Å²) in [6.45, 7) is 3.95. The molecular weight excluding hydrogens is 420 g/mol. The molecule has 2 aromatic carbocycles. The lowest BCUT2D eigenvalue weighted by Gasteiger charge is -2.46. The van der Waals surface area contributed by atoms with Gasteiger partial charge in [-0.2, -0.15) is 0 Å². The first kappa shape index (κ1) is 21.3. The van der Waals surface area contributed by atoms with Crippen molar-refractivity contribution in [3.8, 4) is 5.75 Å². The standard InChI is InChI=1S/C25H28N4O4/c1-2-33-19-9-7-18(8-10-19)29-16-17(15-22(29)30)24(32)28-13-11-25(12-14-28)26-21-6-4-3-5-20(21)23(31)27-25/h3-10,17,26H,2,11-16H2,1H3,(H,27,31). The highest BCUT2D eigenvalue weighted by Crippen LogP contribution is 2.33. The fourth-order valence-corrected chi connectivity index (χ4v) is 4.99. The number of nitrogens with one attached hydrogen (secondary N) is 2. The van der Waals surface area contributed by atoms with Crippen LogP contribution < -0.4 is 20.3 Å². The molecule has 0 aliphatic carbocycles. The second-order valence-corrected chi connectivity index (χ2v) is 8.86. The van der Waals surface area contributed by atoms with Crippen molar-refractivity contribution in [3.05, 3.63) is 54.1 Å². The van der Waals surface area contributed by atoms with E-state index < -0.39 is 5.66 Å². The average Bonchev–Trinajstić information content (AvgIpc) is 3.21. The number of ether oxygens (including phenoxy) is 1. The monoisotopic (exact) mass is 448 g/mol. The van der Waals surface area contributed by atoms with Crippen molar-refractivity contribution in [1.82, 2.24) is 10.2 Å². The molecule has 8 nitrogen and oxygen atoms in total. The van der Waals surface area contributed by atoms with Crippen LogP contribution in [0.2, 0.25) is 0 Å². The second kappa shape index (κ2) is 8.42. The summed E-state index contributed by atoms with van der Waals surface area (Å²) in [4.78, 5) is 41.9. The molecule has 172 valence electrons. The topological polar surface area (TPSA) is 91.0 Å². The first-order valence-electron chi connectivity index (χ1n) is 11.5. The molecule has 0 saturated carbocycles. The smallest absolute Gasteiger partial charge is 0.255 e. The number of likely N-dealkylation sites (tertiary alicyclic amines) is 1. The van der Waals surface area contributed by atoms with Crippen molar-refractivity contribution >= 4 is 29.1 Å². The first-order chi connectivity index (χ1) is 16.0. The third-order valence-electron chi connectivity index (χ3n) is 6.76. The molecule has 1 spiro atoms. The van der Waals surface area contributed by atoms with Gasteiger partial charge in [0, 0.05) is 50.3 Å². The Morgan fingerprint density at radius 2 is 1.79 bits per heavy atom. The summed E-state index contributed by atoms with van der Waals surface area (Å²) >= 11 is 0. The van der Waals surface area contributed by atoms with Crippen LogP contribution in [0.15, 0.2) is 48.5 Å². The third kappa shape index (κ3) is 4.01. The van der Waals surface area contributed by atoms with Gasteiger partial charge >= 0.3 is 0 Å². The molecule has 2 aromatic rings. The fraction of sp³-hybridized carbons (Fsp3) is 0.400. The molecule has 1 atom stereocenters. The largest absolute Gasteiger partial charge is 0.494 e. The molecule has 1 unspecified atom stereocenters. The number of carbonyl (C=O) groups excluding carboxylic acids is 3. The lowest BCUT2D eigenvalue weighted by atomic mass is 9.91. The average molecular weight is 449 g/mol. The highest BCUT2D eigenvalue weighted by Gasteiger charge is 2.43. The predicted octanol–water partition coefficient (Wildman–Crippen LogP) is 2.61. The van der Waals surface area contributed by atoms with Gasteiger partial charge in [0.2, 0.25) is 11.8 Å². The van der Waals surface area contributed by atoms with Crippen molar-refractivity contribution in [3.63, 3.8) is 0 Å². The van der Waals surface area contributed by atoms with E-state index in [0.717, 1.165) is 17.1 Å². The minimum absolute atomic E-state index is 0.00849. The fourth-order valence-electron chi connectivity index (χ4n) is 4.99. The molecule has 0 radical (unpaired) electrons. The molecule has 5 rings (SSSR count). The Labute approximate surface area is 192 Å². The Kier molecular flexibility index (Phi) is 5.44. The van der Waals surface area contributed by atoms with Gasteiger partial charge in [0.05, 0.1) is 18.1 Å². The molecule has 3 amide bonds. The number of para-hydroxylation sites is 1. The van der Waals surface area contributed by atoms with E-state index in [1.54, 1.807) is 11.0 Å². The summed E-state index contributed by atoms with van der Waals surface area (Å²) in [7, 11) is 0. The van der Waals surface area contributed by atoms with E-state index in [1.165, 1.54) is 0 Å². The molecule has 0 aromatic heterocycles. The predicted molar refractivity (Wildman–Crippen MR) is 124 cm³/mol. The molecule has 2 N–H and O–H groups in total. The highest BCUT2D eigenvalue weighted by molar-refractivity contribution is 6.02. The summed E-state index contributed by atoms with van der Waals surface area (Å²) in [5, 5.41) is 6.58. The van der Waals surface area contributed by atoms with E-state index in [1.807, 2.05) is 54.3 Å². The number of piperidine rings is 1. The highest BCUT2D eigenvalue weighted by atomic mass is 16.5. The molecule has 3 aliphatic heterocycles. The van der Waals surface area contributed by atoms with Crippen LogP contribution in [0.25, 0.3) is 0 Å². The maximum atomic E-state index is 13.2. The number of anilines is 2. The zero-order valence-electron chi connectivity index (χ0n) is 18.7.